The number of carbonyl (C=O) groups is 1. The molecular formula is C23H24N2O2S. The van der Waals surface area contributed by atoms with E-state index in [9.17, 15) is 4.79 Å². The first-order chi connectivity index (χ1) is 13.8. The summed E-state index contributed by atoms with van der Waals surface area (Å²) in [7, 11) is 0. The quantitative estimate of drug-likeness (QED) is 0.632. The highest BCUT2D eigenvalue weighted by molar-refractivity contribution is 7.07. The Labute approximate surface area is 170 Å². The highest BCUT2D eigenvalue weighted by atomic mass is 32.1. The Morgan fingerprint density at radius 2 is 1.68 bits per heavy atom. The smallest absolute Gasteiger partial charge is 0.260 e. The van der Waals surface area contributed by atoms with E-state index in [1.165, 1.54) is 5.56 Å². The first-order valence-electron chi connectivity index (χ1n) is 9.58. The second-order valence-corrected chi connectivity index (χ2v) is 7.72. The van der Waals surface area contributed by atoms with E-state index >= 15 is 0 Å². The summed E-state index contributed by atoms with van der Waals surface area (Å²) in [5, 5.41) is 4.30. The number of ether oxygens (including phenoxy) is 1. The number of para-hydroxylation sites is 1. The van der Waals surface area contributed by atoms with Crippen molar-refractivity contribution in [1.82, 2.24) is 9.80 Å². The lowest BCUT2D eigenvalue weighted by atomic mass is 10.1. The highest BCUT2D eigenvalue weighted by Gasteiger charge is 2.21. The van der Waals surface area contributed by atoms with Gasteiger partial charge >= 0.3 is 0 Å². The Bertz CT molecular complexity index is 888. The molecule has 3 aromatic rings. The van der Waals surface area contributed by atoms with Crippen LogP contribution in [0.25, 0.3) is 11.1 Å². The summed E-state index contributed by atoms with van der Waals surface area (Å²) in [6, 6.07) is 20.2. The summed E-state index contributed by atoms with van der Waals surface area (Å²) in [4.78, 5) is 16.9. The van der Waals surface area contributed by atoms with Crippen molar-refractivity contribution < 1.29 is 9.53 Å². The first-order valence-corrected chi connectivity index (χ1v) is 10.5. The summed E-state index contributed by atoms with van der Waals surface area (Å²) >= 11 is 1.73. The number of rotatable bonds is 6. The van der Waals surface area contributed by atoms with Crippen molar-refractivity contribution in [3.05, 3.63) is 77.0 Å². The van der Waals surface area contributed by atoms with E-state index < -0.39 is 0 Å². The number of hydrogen-bond donors (Lipinski definition) is 0. The molecule has 1 aromatic heterocycles. The molecule has 1 aliphatic heterocycles. The predicted molar refractivity (Wildman–Crippen MR) is 114 cm³/mol. The molecule has 1 saturated heterocycles. The lowest BCUT2D eigenvalue weighted by Gasteiger charge is -2.34. The second-order valence-electron chi connectivity index (χ2n) is 6.94. The molecule has 0 bridgehead atoms. The molecule has 1 fully saturated rings. The largest absolute Gasteiger partial charge is 0.483 e. The van der Waals surface area contributed by atoms with Gasteiger partial charge in [-0.25, -0.2) is 0 Å². The average Bonchev–Trinajstić information content (AvgIpc) is 3.26. The van der Waals surface area contributed by atoms with E-state index in [1.54, 1.807) is 11.3 Å². The summed E-state index contributed by atoms with van der Waals surface area (Å²) in [5.41, 5.74) is 3.45. The van der Waals surface area contributed by atoms with Crippen molar-refractivity contribution in [1.29, 1.82) is 0 Å². The van der Waals surface area contributed by atoms with Crippen LogP contribution in [0.3, 0.4) is 0 Å². The maximum atomic E-state index is 12.6. The minimum Gasteiger partial charge on any atom is -0.483 e. The average molecular weight is 393 g/mol. The van der Waals surface area contributed by atoms with Crippen LogP contribution in [-0.4, -0.2) is 48.5 Å². The number of amides is 1. The zero-order valence-corrected chi connectivity index (χ0v) is 16.6. The van der Waals surface area contributed by atoms with Crippen LogP contribution in [-0.2, 0) is 11.3 Å². The summed E-state index contributed by atoms with van der Waals surface area (Å²) < 4.78 is 5.92. The molecule has 4 rings (SSSR count). The van der Waals surface area contributed by atoms with E-state index in [4.69, 9.17) is 4.74 Å². The molecule has 2 heterocycles. The van der Waals surface area contributed by atoms with E-state index in [0.29, 0.717) is 0 Å². The molecule has 0 spiro atoms. The van der Waals surface area contributed by atoms with Gasteiger partial charge in [-0.3, -0.25) is 9.69 Å². The van der Waals surface area contributed by atoms with Gasteiger partial charge in [0.2, 0.25) is 0 Å². The van der Waals surface area contributed by atoms with E-state index in [1.807, 2.05) is 47.4 Å². The monoisotopic (exact) mass is 392 g/mol. The number of thiophene rings is 1. The molecule has 0 N–H and O–H groups in total. The van der Waals surface area contributed by atoms with Crippen molar-refractivity contribution >= 4 is 17.2 Å². The van der Waals surface area contributed by atoms with E-state index in [0.717, 1.165) is 49.6 Å². The molecule has 5 heteroatoms. The normalized spacial score (nSPS) is 14.8. The molecule has 0 atom stereocenters. The van der Waals surface area contributed by atoms with E-state index in [2.05, 4.69) is 33.9 Å². The topological polar surface area (TPSA) is 32.8 Å². The molecule has 0 radical (unpaired) electrons. The zero-order valence-electron chi connectivity index (χ0n) is 15.8. The summed E-state index contributed by atoms with van der Waals surface area (Å²) in [6.07, 6.45) is 0. The zero-order chi connectivity index (χ0) is 19.2. The maximum absolute atomic E-state index is 12.6. The summed E-state index contributed by atoms with van der Waals surface area (Å²) in [6.45, 7) is 4.37. The third kappa shape index (κ3) is 4.61. The van der Waals surface area contributed by atoms with E-state index in [-0.39, 0.29) is 12.5 Å². The van der Waals surface area contributed by atoms with Gasteiger partial charge in [-0.2, -0.15) is 11.3 Å². The number of nitrogens with zero attached hydrogens (tertiary/aromatic N) is 2. The minimum atomic E-state index is 0.0537. The molecule has 0 saturated carbocycles. The van der Waals surface area contributed by atoms with Crippen molar-refractivity contribution in [2.45, 2.75) is 6.54 Å². The van der Waals surface area contributed by atoms with Gasteiger partial charge in [0.1, 0.15) is 5.75 Å². The van der Waals surface area contributed by atoms with Crippen LogP contribution >= 0.6 is 11.3 Å². The molecule has 0 aliphatic carbocycles. The Morgan fingerprint density at radius 3 is 2.43 bits per heavy atom. The highest BCUT2D eigenvalue weighted by Crippen LogP contribution is 2.29. The van der Waals surface area contributed by atoms with Gasteiger partial charge in [0.15, 0.2) is 6.61 Å². The Morgan fingerprint density at radius 1 is 0.929 bits per heavy atom. The van der Waals surface area contributed by atoms with Crippen LogP contribution in [0.1, 0.15) is 5.56 Å². The second kappa shape index (κ2) is 9.04. The first kappa shape index (κ1) is 18.7. The molecule has 144 valence electrons. The van der Waals surface area contributed by atoms with Crippen LogP contribution in [0, 0.1) is 0 Å². The number of piperazine rings is 1. The van der Waals surface area contributed by atoms with Crippen LogP contribution in [0.2, 0.25) is 0 Å². The van der Waals surface area contributed by atoms with Crippen LogP contribution in [0.15, 0.2) is 71.4 Å². The number of benzene rings is 2. The lowest BCUT2D eigenvalue weighted by Crippen LogP contribution is -2.49. The fraction of sp³-hybridized carbons (Fsp3) is 0.261. The maximum Gasteiger partial charge on any atom is 0.260 e. The summed E-state index contributed by atoms with van der Waals surface area (Å²) in [5.74, 6) is 0.802. The van der Waals surface area contributed by atoms with Crippen molar-refractivity contribution in [3.8, 4) is 16.9 Å². The number of carbonyl (C=O) groups excluding carboxylic acids is 1. The molecule has 1 amide bonds. The Kier molecular flexibility index (Phi) is 6.04. The van der Waals surface area contributed by atoms with Gasteiger partial charge in [-0.1, -0.05) is 48.5 Å². The van der Waals surface area contributed by atoms with Crippen LogP contribution in [0.5, 0.6) is 5.75 Å². The molecule has 2 aromatic carbocycles. The van der Waals surface area contributed by atoms with Crippen LogP contribution < -0.4 is 4.74 Å². The van der Waals surface area contributed by atoms with Gasteiger partial charge in [0.25, 0.3) is 5.91 Å². The standard InChI is InChI=1S/C23H24N2O2S/c26-23(25-13-11-24(12-14-25)16-19-10-15-28-18-19)17-27-22-9-5-4-8-21(22)20-6-2-1-3-7-20/h1-10,15,18H,11-14,16-17H2. The third-order valence-corrected chi connectivity index (χ3v) is 5.77. The molecular weight excluding hydrogens is 368 g/mol. The van der Waals surface area contributed by atoms with Gasteiger partial charge in [0, 0.05) is 38.3 Å². The van der Waals surface area contributed by atoms with Crippen molar-refractivity contribution in [2.24, 2.45) is 0 Å². The fourth-order valence-corrected chi connectivity index (χ4v) is 4.14. The number of hydrogen-bond acceptors (Lipinski definition) is 4. The van der Waals surface area contributed by atoms with Gasteiger partial charge in [-0.05, 0) is 34.0 Å². The van der Waals surface area contributed by atoms with Crippen molar-refractivity contribution in [3.63, 3.8) is 0 Å². The third-order valence-electron chi connectivity index (χ3n) is 5.03. The predicted octanol–water partition coefficient (Wildman–Crippen LogP) is 4.14. The molecule has 1 aliphatic rings. The van der Waals surface area contributed by atoms with Crippen molar-refractivity contribution in [2.75, 3.05) is 32.8 Å². The fourth-order valence-electron chi connectivity index (χ4n) is 3.48. The van der Waals surface area contributed by atoms with Crippen LogP contribution in [0.4, 0.5) is 0 Å². The van der Waals surface area contributed by atoms with Gasteiger partial charge < -0.3 is 9.64 Å². The molecule has 0 unspecified atom stereocenters. The molecule has 4 nitrogen and oxygen atoms in total. The van der Waals surface area contributed by atoms with Gasteiger partial charge in [-0.15, -0.1) is 0 Å². The minimum absolute atomic E-state index is 0.0537. The van der Waals surface area contributed by atoms with Gasteiger partial charge in [0.05, 0.1) is 0 Å². The molecule has 28 heavy (non-hydrogen) atoms. The lowest BCUT2D eigenvalue weighted by molar-refractivity contribution is -0.135. The Hall–Kier alpha value is -2.63. The Balaban J connectivity index is 1.31. The SMILES string of the molecule is O=C(COc1ccccc1-c1ccccc1)N1CCN(Cc2ccsc2)CC1.